The molecule has 1 aromatic heterocycles. The summed E-state index contributed by atoms with van der Waals surface area (Å²) in [6.07, 6.45) is 0. The molecular weight excluding hydrogens is 275 g/mol. The summed E-state index contributed by atoms with van der Waals surface area (Å²) in [6, 6.07) is 4.86. The van der Waals surface area contributed by atoms with Crippen LogP contribution in [0.25, 0.3) is 0 Å². The Kier molecular flexibility index (Phi) is 5.62. The third-order valence-electron chi connectivity index (χ3n) is 1.91. The van der Waals surface area contributed by atoms with Crippen molar-refractivity contribution in [1.82, 2.24) is 9.71 Å². The van der Waals surface area contributed by atoms with Crippen LogP contribution in [0, 0.1) is 0 Å². The Balaban J connectivity index is 2.60. The van der Waals surface area contributed by atoms with Crippen LogP contribution >= 0.6 is 8.25 Å². The molecule has 0 spiro atoms. The van der Waals surface area contributed by atoms with E-state index in [-0.39, 0.29) is 10.6 Å². The fraction of sp³-hybridized carbons (Fsp3) is 0.500. The zero-order valence-electron chi connectivity index (χ0n) is 10.5. The van der Waals surface area contributed by atoms with Crippen molar-refractivity contribution < 1.29 is 18.5 Å². The average molecular weight is 292 g/mol. The molecule has 2 unspecified atom stereocenters. The highest BCUT2D eigenvalue weighted by Crippen LogP contribution is 2.20. The highest BCUT2D eigenvalue weighted by Gasteiger charge is 2.26. The van der Waals surface area contributed by atoms with Gasteiger partial charge in [0.2, 0.25) is 5.88 Å². The van der Waals surface area contributed by atoms with Crippen molar-refractivity contribution in [2.45, 2.75) is 32.1 Å². The standard InChI is InChI=1S/C10H17N2O4PS/c1-10(2,3)18(15)11-7-8-5-4-6-9(12-8)16-17(13)14/h4-6,11,17H,7H2,1-3H3,(H,13,14). The molecule has 6 nitrogen and oxygen atoms in total. The van der Waals surface area contributed by atoms with Gasteiger partial charge in [-0.3, -0.25) is 0 Å². The molecule has 2 atom stereocenters. The smallest absolute Gasteiger partial charge is 0.366 e. The van der Waals surface area contributed by atoms with E-state index in [1.165, 1.54) is 6.07 Å². The zero-order chi connectivity index (χ0) is 13.8. The molecule has 0 aromatic carbocycles. The molecule has 0 aliphatic carbocycles. The average Bonchev–Trinajstić information content (AvgIpc) is 2.24. The molecule has 102 valence electrons. The minimum atomic E-state index is -3.05. The minimum Gasteiger partial charge on any atom is -0.598 e. The third-order valence-corrected chi connectivity index (χ3v) is 3.82. The summed E-state index contributed by atoms with van der Waals surface area (Å²) in [5.41, 5.74) is 0.591. The SMILES string of the molecule is CC(C)(C)[S+]([O-])NCc1cccc(O[PH](=O)O)n1. The molecule has 1 aromatic rings. The lowest BCUT2D eigenvalue weighted by Crippen LogP contribution is -2.39. The summed E-state index contributed by atoms with van der Waals surface area (Å²) in [5.74, 6) is 0.0854. The second-order valence-corrected chi connectivity index (χ2v) is 7.32. The van der Waals surface area contributed by atoms with Crippen molar-refractivity contribution in [3.05, 3.63) is 23.9 Å². The maximum atomic E-state index is 11.8. The molecular formula is C10H17N2O4PS. The van der Waals surface area contributed by atoms with Crippen LogP contribution in [-0.2, 0) is 22.5 Å². The highest BCUT2D eigenvalue weighted by molar-refractivity contribution is 7.90. The molecule has 0 fully saturated rings. The minimum absolute atomic E-state index is 0.0854. The van der Waals surface area contributed by atoms with E-state index in [2.05, 4.69) is 14.2 Å². The number of hydrogen-bond acceptors (Lipinski definition) is 5. The molecule has 8 heteroatoms. The van der Waals surface area contributed by atoms with Crippen molar-refractivity contribution in [2.24, 2.45) is 0 Å². The lowest BCUT2D eigenvalue weighted by molar-refractivity contribution is 0.403. The van der Waals surface area contributed by atoms with Crippen LogP contribution in [-0.4, -0.2) is 19.2 Å². The van der Waals surface area contributed by atoms with E-state index < -0.39 is 19.6 Å². The number of aromatic nitrogens is 1. The Labute approximate surface area is 110 Å². The van der Waals surface area contributed by atoms with Gasteiger partial charge in [0.25, 0.3) is 0 Å². The van der Waals surface area contributed by atoms with E-state index in [9.17, 15) is 9.12 Å². The predicted molar refractivity (Wildman–Crippen MR) is 70.8 cm³/mol. The van der Waals surface area contributed by atoms with Gasteiger partial charge in [0.15, 0.2) is 0 Å². The Morgan fingerprint density at radius 3 is 2.78 bits per heavy atom. The second kappa shape index (κ2) is 6.54. The predicted octanol–water partition coefficient (Wildman–Crippen LogP) is 1.39. The number of pyridine rings is 1. The Hall–Kier alpha value is -0.590. The second-order valence-electron chi connectivity index (χ2n) is 4.54. The lowest BCUT2D eigenvalue weighted by atomic mass is 10.3. The first kappa shape index (κ1) is 15.5. The van der Waals surface area contributed by atoms with Crippen LogP contribution in [0.3, 0.4) is 0 Å². The fourth-order valence-electron chi connectivity index (χ4n) is 1.06. The number of nitrogens with one attached hydrogen (secondary N) is 1. The van der Waals surface area contributed by atoms with Gasteiger partial charge >= 0.3 is 8.25 Å². The summed E-state index contributed by atoms with van der Waals surface area (Å²) in [6.45, 7) is 5.89. The first-order chi connectivity index (χ1) is 8.29. The molecule has 0 aliphatic heterocycles. The van der Waals surface area contributed by atoms with Gasteiger partial charge in [-0.25, -0.2) is 9.55 Å². The molecule has 1 heterocycles. The van der Waals surface area contributed by atoms with Crippen LogP contribution in [0.15, 0.2) is 18.2 Å². The van der Waals surface area contributed by atoms with Gasteiger partial charge in [0.05, 0.1) is 12.2 Å². The van der Waals surface area contributed by atoms with Crippen molar-refractivity contribution in [3.63, 3.8) is 0 Å². The van der Waals surface area contributed by atoms with Crippen LogP contribution in [0.2, 0.25) is 0 Å². The summed E-state index contributed by atoms with van der Waals surface area (Å²) in [5, 5.41) is 0. The molecule has 0 radical (unpaired) electrons. The fourth-order valence-corrected chi connectivity index (χ4v) is 2.06. The van der Waals surface area contributed by atoms with Gasteiger partial charge in [0, 0.05) is 17.4 Å². The summed E-state index contributed by atoms with van der Waals surface area (Å²) in [4.78, 5) is 12.7. The van der Waals surface area contributed by atoms with Crippen molar-refractivity contribution in [1.29, 1.82) is 0 Å². The van der Waals surface area contributed by atoms with E-state index in [0.29, 0.717) is 12.2 Å². The van der Waals surface area contributed by atoms with E-state index in [1.54, 1.807) is 12.1 Å². The number of nitrogens with zero attached hydrogens (tertiary/aromatic N) is 1. The van der Waals surface area contributed by atoms with Crippen molar-refractivity contribution >= 4 is 19.6 Å². The van der Waals surface area contributed by atoms with Crippen molar-refractivity contribution in [2.75, 3.05) is 0 Å². The van der Waals surface area contributed by atoms with E-state index in [4.69, 9.17) is 4.89 Å². The third kappa shape index (κ3) is 5.37. The topological polar surface area (TPSA) is 94.5 Å². The van der Waals surface area contributed by atoms with Gasteiger partial charge in [-0.1, -0.05) is 6.07 Å². The zero-order valence-corrected chi connectivity index (χ0v) is 12.3. The van der Waals surface area contributed by atoms with E-state index in [1.807, 2.05) is 20.8 Å². The summed E-state index contributed by atoms with van der Waals surface area (Å²) < 4.78 is 29.4. The molecule has 0 bridgehead atoms. The molecule has 0 aliphatic rings. The Morgan fingerprint density at radius 2 is 2.22 bits per heavy atom. The van der Waals surface area contributed by atoms with Gasteiger partial charge < -0.3 is 14.0 Å². The molecule has 0 amide bonds. The maximum Gasteiger partial charge on any atom is 0.366 e. The Bertz CT molecular complexity index is 425. The van der Waals surface area contributed by atoms with Crippen LogP contribution in [0.1, 0.15) is 26.5 Å². The molecule has 18 heavy (non-hydrogen) atoms. The monoisotopic (exact) mass is 292 g/mol. The normalized spacial score (nSPS) is 15.2. The quantitative estimate of drug-likeness (QED) is 0.629. The summed E-state index contributed by atoms with van der Waals surface area (Å²) in [7, 11) is -3.05. The lowest BCUT2D eigenvalue weighted by Gasteiger charge is -2.23. The van der Waals surface area contributed by atoms with E-state index in [0.717, 1.165) is 0 Å². The van der Waals surface area contributed by atoms with Gasteiger partial charge in [0.1, 0.15) is 4.75 Å². The van der Waals surface area contributed by atoms with Crippen molar-refractivity contribution in [3.8, 4) is 5.88 Å². The number of rotatable bonds is 5. The number of hydrogen-bond donors (Lipinski definition) is 2. The molecule has 0 saturated carbocycles. The maximum absolute atomic E-state index is 11.8. The molecule has 2 N–H and O–H groups in total. The molecule has 0 saturated heterocycles. The van der Waals surface area contributed by atoms with Gasteiger partial charge in [-0.05, 0) is 26.8 Å². The molecule has 1 rings (SSSR count). The highest BCUT2D eigenvalue weighted by atomic mass is 32.2. The summed E-state index contributed by atoms with van der Waals surface area (Å²) >= 11 is -1.19. The van der Waals surface area contributed by atoms with Gasteiger partial charge in [-0.15, -0.1) is 4.72 Å². The van der Waals surface area contributed by atoms with Crippen LogP contribution in [0.5, 0.6) is 5.88 Å². The Morgan fingerprint density at radius 1 is 1.56 bits per heavy atom. The van der Waals surface area contributed by atoms with Crippen LogP contribution in [0.4, 0.5) is 0 Å². The van der Waals surface area contributed by atoms with E-state index >= 15 is 0 Å². The first-order valence-electron chi connectivity index (χ1n) is 5.31. The largest absolute Gasteiger partial charge is 0.598 e. The van der Waals surface area contributed by atoms with Crippen LogP contribution < -0.4 is 9.25 Å². The first-order valence-corrected chi connectivity index (χ1v) is 7.72. The van der Waals surface area contributed by atoms with Gasteiger partial charge in [-0.2, -0.15) is 0 Å².